The lowest BCUT2D eigenvalue weighted by atomic mass is 10.00. The number of urea groups is 1. The number of carbonyl (C=O) groups excluding carboxylic acids is 1. The lowest BCUT2D eigenvalue weighted by Gasteiger charge is -2.45. The maximum atomic E-state index is 12.3. The summed E-state index contributed by atoms with van der Waals surface area (Å²) in [6.07, 6.45) is 0.420. The fourth-order valence-electron chi connectivity index (χ4n) is 3.02. The molecule has 7 heteroatoms. The molecule has 0 radical (unpaired) electrons. The fourth-order valence-corrected chi connectivity index (χ4v) is 3.02. The molecule has 0 aromatic carbocycles. The van der Waals surface area contributed by atoms with Crippen molar-refractivity contribution in [2.45, 2.75) is 58.9 Å². The van der Waals surface area contributed by atoms with E-state index in [1.165, 1.54) is 0 Å². The van der Waals surface area contributed by atoms with E-state index in [9.17, 15) is 4.79 Å². The van der Waals surface area contributed by atoms with Crippen molar-refractivity contribution in [3.63, 3.8) is 0 Å². The number of amides is 2. The second kappa shape index (κ2) is 7.53. The van der Waals surface area contributed by atoms with Crippen LogP contribution in [0, 0.1) is 6.92 Å². The van der Waals surface area contributed by atoms with Crippen LogP contribution in [0.3, 0.4) is 0 Å². The van der Waals surface area contributed by atoms with Gasteiger partial charge >= 0.3 is 6.03 Å². The van der Waals surface area contributed by atoms with Gasteiger partial charge in [0.1, 0.15) is 11.5 Å². The van der Waals surface area contributed by atoms with Gasteiger partial charge in [-0.05, 0) is 34.6 Å². The van der Waals surface area contributed by atoms with E-state index >= 15 is 0 Å². The summed E-state index contributed by atoms with van der Waals surface area (Å²) in [5.41, 5.74) is 0.619. The van der Waals surface area contributed by atoms with Crippen LogP contribution < -0.4 is 5.32 Å². The van der Waals surface area contributed by atoms with Crippen LogP contribution >= 0.6 is 0 Å². The number of hydrogen-bond donors (Lipinski definition) is 1. The van der Waals surface area contributed by atoms with Gasteiger partial charge in [-0.3, -0.25) is 4.90 Å². The molecular weight excluding hydrogens is 308 g/mol. The van der Waals surface area contributed by atoms with E-state index in [-0.39, 0.29) is 23.8 Å². The highest BCUT2D eigenvalue weighted by molar-refractivity contribution is 5.73. The highest BCUT2D eigenvalue weighted by Gasteiger charge is 2.33. The summed E-state index contributed by atoms with van der Waals surface area (Å²) in [6, 6.07) is 1.72. The molecule has 2 rings (SSSR count). The zero-order valence-electron chi connectivity index (χ0n) is 15.6. The molecule has 0 saturated carbocycles. The summed E-state index contributed by atoms with van der Waals surface area (Å²) < 4.78 is 10.8. The van der Waals surface area contributed by atoms with Gasteiger partial charge in [0, 0.05) is 38.3 Å². The topological polar surface area (TPSA) is 70.8 Å². The molecule has 1 fully saturated rings. The number of aryl methyl sites for hydroxylation is 1. The summed E-state index contributed by atoms with van der Waals surface area (Å²) in [5, 5.41) is 6.94. The Morgan fingerprint density at radius 3 is 2.58 bits per heavy atom. The first-order chi connectivity index (χ1) is 11.2. The van der Waals surface area contributed by atoms with Crippen molar-refractivity contribution in [3.05, 3.63) is 17.5 Å². The molecule has 2 amide bonds. The molecule has 7 nitrogen and oxygen atoms in total. The summed E-state index contributed by atoms with van der Waals surface area (Å²) in [6.45, 7) is 13.1. The fraction of sp³-hybridized carbons (Fsp3) is 0.765. The maximum absolute atomic E-state index is 12.3. The van der Waals surface area contributed by atoms with Gasteiger partial charge in [0.05, 0.1) is 18.8 Å². The van der Waals surface area contributed by atoms with Gasteiger partial charge < -0.3 is 19.5 Å². The van der Waals surface area contributed by atoms with E-state index in [0.717, 1.165) is 24.5 Å². The third-order valence-electron chi connectivity index (χ3n) is 4.37. The first-order valence-electron chi connectivity index (χ1n) is 8.49. The van der Waals surface area contributed by atoms with Crippen molar-refractivity contribution in [2.24, 2.45) is 0 Å². The maximum Gasteiger partial charge on any atom is 0.317 e. The van der Waals surface area contributed by atoms with E-state index in [1.54, 1.807) is 11.9 Å². The Bertz CT molecular complexity index is 548. The van der Waals surface area contributed by atoms with E-state index in [0.29, 0.717) is 13.1 Å². The molecule has 1 aliphatic rings. The zero-order valence-corrected chi connectivity index (χ0v) is 15.6. The van der Waals surface area contributed by atoms with Crippen molar-refractivity contribution in [3.8, 4) is 0 Å². The first-order valence-corrected chi connectivity index (χ1v) is 8.49. The molecule has 1 aliphatic heterocycles. The van der Waals surface area contributed by atoms with Crippen LogP contribution in [-0.4, -0.2) is 65.4 Å². The van der Waals surface area contributed by atoms with Crippen molar-refractivity contribution in [1.29, 1.82) is 0 Å². The predicted octanol–water partition coefficient (Wildman–Crippen LogP) is 2.01. The molecule has 0 aliphatic carbocycles. The Morgan fingerprint density at radius 2 is 2.04 bits per heavy atom. The van der Waals surface area contributed by atoms with Gasteiger partial charge in [0.25, 0.3) is 0 Å². The third kappa shape index (κ3) is 4.95. The highest BCUT2D eigenvalue weighted by atomic mass is 16.5. The lowest BCUT2D eigenvalue weighted by molar-refractivity contribution is -0.0948. The number of nitrogens with one attached hydrogen (secondary N) is 1. The largest absolute Gasteiger partial charge is 0.373 e. The summed E-state index contributed by atoms with van der Waals surface area (Å²) >= 11 is 0. The molecule has 0 bridgehead atoms. The average Bonchev–Trinajstić information content (AvgIpc) is 2.89. The molecule has 24 heavy (non-hydrogen) atoms. The van der Waals surface area contributed by atoms with Crippen LogP contribution in [0.15, 0.2) is 10.6 Å². The molecule has 0 spiro atoms. The van der Waals surface area contributed by atoms with Crippen molar-refractivity contribution >= 4 is 6.03 Å². The van der Waals surface area contributed by atoms with Gasteiger partial charge in [0.15, 0.2) is 0 Å². The standard InChI is InChI=1S/C17H30N4O3/c1-12-7-15(19-24-12)10-20(6)16(22)18-11-17(4,5)21-8-13(2)23-14(3)9-21/h7,13-14H,8-11H2,1-6H3,(H,18,22). The van der Waals surface area contributed by atoms with Gasteiger partial charge in [-0.25, -0.2) is 4.79 Å². The molecule has 1 saturated heterocycles. The van der Waals surface area contributed by atoms with Crippen LogP contribution in [0.1, 0.15) is 39.1 Å². The van der Waals surface area contributed by atoms with Gasteiger partial charge in [-0.1, -0.05) is 5.16 Å². The van der Waals surface area contributed by atoms with Gasteiger partial charge in [-0.2, -0.15) is 0 Å². The number of aromatic nitrogens is 1. The van der Waals surface area contributed by atoms with Crippen LogP contribution in [0.5, 0.6) is 0 Å². The van der Waals surface area contributed by atoms with Crippen molar-refractivity contribution < 1.29 is 14.1 Å². The second-order valence-electron chi connectivity index (χ2n) is 7.42. The number of nitrogens with zero attached hydrogens (tertiary/aromatic N) is 3. The average molecular weight is 338 g/mol. The van der Waals surface area contributed by atoms with Crippen molar-refractivity contribution in [2.75, 3.05) is 26.7 Å². The number of rotatable bonds is 5. The van der Waals surface area contributed by atoms with E-state index < -0.39 is 0 Å². The highest BCUT2D eigenvalue weighted by Crippen LogP contribution is 2.20. The minimum absolute atomic E-state index is 0.113. The quantitative estimate of drug-likeness (QED) is 0.889. The number of hydrogen-bond acceptors (Lipinski definition) is 5. The Hall–Kier alpha value is -1.60. The molecular formula is C17H30N4O3. The molecule has 136 valence electrons. The number of carbonyl (C=O) groups is 1. The Balaban J connectivity index is 1.85. The molecule has 2 atom stereocenters. The number of ether oxygens (including phenoxy) is 1. The molecule has 2 unspecified atom stereocenters. The van der Waals surface area contributed by atoms with Crippen LogP contribution in [0.25, 0.3) is 0 Å². The minimum Gasteiger partial charge on any atom is -0.373 e. The van der Waals surface area contributed by atoms with Gasteiger partial charge in [-0.15, -0.1) is 0 Å². The van der Waals surface area contributed by atoms with E-state index in [1.807, 2.05) is 13.0 Å². The first kappa shape index (κ1) is 18.7. The van der Waals surface area contributed by atoms with Crippen molar-refractivity contribution in [1.82, 2.24) is 20.3 Å². The Morgan fingerprint density at radius 1 is 1.42 bits per heavy atom. The lowest BCUT2D eigenvalue weighted by Crippen LogP contribution is -2.59. The zero-order chi connectivity index (χ0) is 17.9. The molecule has 2 heterocycles. The Labute approximate surface area is 144 Å². The Kier molecular flexibility index (Phi) is 5.87. The summed E-state index contributed by atoms with van der Waals surface area (Å²) in [4.78, 5) is 16.3. The summed E-state index contributed by atoms with van der Waals surface area (Å²) in [7, 11) is 1.76. The summed E-state index contributed by atoms with van der Waals surface area (Å²) in [5.74, 6) is 0.746. The SMILES string of the molecule is Cc1cc(CN(C)C(=O)NCC(C)(C)N2CC(C)OC(C)C2)no1. The molecule has 1 aromatic rings. The number of morpholine rings is 1. The minimum atomic E-state index is -0.132. The second-order valence-corrected chi connectivity index (χ2v) is 7.42. The normalized spacial score (nSPS) is 22.4. The van der Waals surface area contributed by atoms with Gasteiger partial charge in [0.2, 0.25) is 0 Å². The third-order valence-corrected chi connectivity index (χ3v) is 4.37. The monoisotopic (exact) mass is 338 g/mol. The predicted molar refractivity (Wildman–Crippen MR) is 91.8 cm³/mol. The van der Waals surface area contributed by atoms with Crippen LogP contribution in [-0.2, 0) is 11.3 Å². The molecule has 1 aromatic heterocycles. The van der Waals surface area contributed by atoms with E-state index in [2.05, 4.69) is 43.1 Å². The van der Waals surface area contributed by atoms with Crippen LogP contribution in [0.2, 0.25) is 0 Å². The smallest absolute Gasteiger partial charge is 0.317 e. The molecule has 1 N–H and O–H groups in total. The van der Waals surface area contributed by atoms with Crippen LogP contribution in [0.4, 0.5) is 4.79 Å². The van der Waals surface area contributed by atoms with E-state index in [4.69, 9.17) is 9.26 Å².